The van der Waals surface area contributed by atoms with Gasteiger partial charge in [-0.05, 0) is 99.5 Å². The molecule has 7 aliphatic carbocycles. The lowest BCUT2D eigenvalue weighted by molar-refractivity contribution is -0.699. The first-order chi connectivity index (χ1) is 15.8. The molecular weight excluding hydrogens is 432 g/mol. The van der Waals surface area contributed by atoms with Crippen LogP contribution in [0.2, 0.25) is 0 Å². The molecule has 7 fully saturated rings. The van der Waals surface area contributed by atoms with Crippen molar-refractivity contribution >= 4 is 0 Å². The molecule has 0 amide bonds. The van der Waals surface area contributed by atoms with Crippen LogP contribution in [0.3, 0.4) is 0 Å². The van der Waals surface area contributed by atoms with Gasteiger partial charge in [-0.1, -0.05) is 125 Å². The van der Waals surface area contributed by atoms with Crippen LogP contribution in [-0.2, 0) is 0 Å². The van der Waals surface area contributed by atoms with Crippen molar-refractivity contribution in [2.75, 3.05) is 0 Å². The first kappa shape index (κ1) is 23.9. The maximum absolute atomic E-state index is 2.85. The van der Waals surface area contributed by atoms with E-state index in [4.69, 9.17) is 0 Å². The fraction of sp³-hybridized carbons (Fsp3) is 1.00. The molecule has 16 atom stereocenters. The van der Waals surface area contributed by atoms with Crippen molar-refractivity contribution in [3.05, 3.63) is 0 Å². The topological polar surface area (TPSA) is 0 Å². The molecule has 0 radical (unpaired) electrons. The van der Waals surface area contributed by atoms with Crippen LogP contribution in [0.4, 0.5) is 0 Å². The zero-order valence-electron chi connectivity index (χ0n) is 27.3. The third kappa shape index (κ3) is 0.944. The average Bonchev–Trinajstić information content (AvgIpc) is 2.82. The van der Waals surface area contributed by atoms with Gasteiger partial charge in [-0.3, -0.25) is 0 Å². The monoisotopic (exact) mass is 490 g/mol. The van der Waals surface area contributed by atoms with Gasteiger partial charge in [0.05, 0.1) is 0 Å². The van der Waals surface area contributed by atoms with E-state index in [2.05, 4.69) is 125 Å². The van der Waals surface area contributed by atoms with Crippen molar-refractivity contribution in [1.82, 2.24) is 0 Å². The molecule has 0 aromatic carbocycles. The Morgan fingerprint density at radius 2 is 0.500 bits per heavy atom. The van der Waals surface area contributed by atoms with Crippen molar-refractivity contribution in [1.29, 1.82) is 0 Å². The van der Waals surface area contributed by atoms with E-state index in [-0.39, 0.29) is 10.8 Å². The fourth-order valence-corrected chi connectivity index (χ4v) is 22.0. The van der Waals surface area contributed by atoms with Gasteiger partial charge in [0.1, 0.15) is 0 Å². The summed E-state index contributed by atoms with van der Waals surface area (Å²) >= 11 is 0. The highest BCUT2D eigenvalue weighted by Crippen LogP contribution is 3.21. The summed E-state index contributed by atoms with van der Waals surface area (Å²) in [7, 11) is 0. The second-order valence-corrected chi connectivity index (χ2v) is 19.7. The van der Waals surface area contributed by atoms with Crippen LogP contribution in [0, 0.1) is 99.5 Å². The summed E-state index contributed by atoms with van der Waals surface area (Å²) in [6, 6.07) is 0. The molecule has 0 bridgehead atoms. The lowest BCUT2D eigenvalue weighted by Gasteiger charge is -3.16. The standard InChI is InChI=1S/C36H58/c1-19-21-22-20(2)26(8)25(19,7)31(13)32(26,14)36(18)34(16)30(12)24(5,6)28(22,10)27(21,9)23(3,4)29(30,11)33(34,15)35(31,36)17/h19-22H,1-18H3. The van der Waals surface area contributed by atoms with Crippen molar-refractivity contribution in [3.63, 3.8) is 0 Å². The minimum atomic E-state index is 0.281. The summed E-state index contributed by atoms with van der Waals surface area (Å²) in [4.78, 5) is 0. The van der Waals surface area contributed by atoms with Gasteiger partial charge >= 0.3 is 0 Å². The highest BCUT2D eigenvalue weighted by molar-refractivity contribution is 5.64. The molecule has 0 spiro atoms. The molecule has 0 heteroatoms. The average molecular weight is 491 g/mol. The van der Waals surface area contributed by atoms with Gasteiger partial charge in [0.25, 0.3) is 0 Å². The fourth-order valence-electron chi connectivity index (χ4n) is 22.0. The minimum absolute atomic E-state index is 0.281. The molecular formula is C36H58. The Morgan fingerprint density at radius 1 is 0.278 bits per heavy atom. The summed E-state index contributed by atoms with van der Waals surface area (Å²) in [5.74, 6) is 3.21. The maximum atomic E-state index is 2.85. The number of hydrogen-bond acceptors (Lipinski definition) is 0. The van der Waals surface area contributed by atoms with Gasteiger partial charge in [-0.15, -0.1) is 0 Å². The van der Waals surface area contributed by atoms with Crippen molar-refractivity contribution in [2.24, 2.45) is 99.5 Å². The molecule has 202 valence electrons. The molecule has 0 saturated heterocycles. The van der Waals surface area contributed by atoms with Crippen LogP contribution in [0.1, 0.15) is 125 Å². The van der Waals surface area contributed by atoms with Crippen LogP contribution >= 0.6 is 0 Å². The Labute approximate surface area is 223 Å². The lowest BCUT2D eigenvalue weighted by atomic mass is 8.87. The van der Waals surface area contributed by atoms with E-state index < -0.39 is 0 Å². The summed E-state index contributed by atoms with van der Waals surface area (Å²) in [6.45, 7) is 50.8. The molecule has 0 aromatic heterocycles. The Bertz CT molecular complexity index is 1160. The van der Waals surface area contributed by atoms with E-state index in [1.54, 1.807) is 0 Å². The Kier molecular flexibility index (Phi) is 2.91. The first-order valence-corrected chi connectivity index (χ1v) is 15.8. The molecule has 36 heavy (non-hydrogen) atoms. The minimum Gasteiger partial charge on any atom is -0.0616 e. The molecule has 7 aliphatic rings. The van der Waals surface area contributed by atoms with E-state index in [0.29, 0.717) is 65.0 Å². The van der Waals surface area contributed by atoms with Gasteiger partial charge in [0.15, 0.2) is 0 Å². The van der Waals surface area contributed by atoms with E-state index in [0.717, 1.165) is 23.7 Å². The van der Waals surface area contributed by atoms with Crippen LogP contribution in [-0.4, -0.2) is 0 Å². The molecule has 0 nitrogen and oxygen atoms in total. The summed E-state index contributed by atoms with van der Waals surface area (Å²) in [5, 5.41) is 0. The van der Waals surface area contributed by atoms with Gasteiger partial charge in [0, 0.05) is 0 Å². The SMILES string of the molecule is CC1C2C3C(C)C4(C)C1(C)C1(C)C4(C)C4(C)C5(C)C6(C)C(C)(C)C3(C)C2(C)C(C)(C)C6(C)C5(C)C14C. The highest BCUT2D eigenvalue weighted by Gasteiger charge is 3.18. The van der Waals surface area contributed by atoms with Crippen LogP contribution < -0.4 is 0 Å². The normalized spacial score (nSPS) is 82.8. The van der Waals surface area contributed by atoms with Crippen LogP contribution in [0.5, 0.6) is 0 Å². The van der Waals surface area contributed by atoms with Gasteiger partial charge in [-0.2, -0.15) is 0 Å². The Hall–Kier alpha value is 0. The Morgan fingerprint density at radius 3 is 0.750 bits per heavy atom. The molecule has 0 aromatic rings. The van der Waals surface area contributed by atoms with E-state index >= 15 is 0 Å². The second-order valence-electron chi connectivity index (χ2n) is 19.7. The molecule has 16 unspecified atom stereocenters. The van der Waals surface area contributed by atoms with Crippen LogP contribution in [0.25, 0.3) is 0 Å². The first-order valence-electron chi connectivity index (χ1n) is 15.8. The number of hydrogen-bond donors (Lipinski definition) is 0. The zero-order valence-corrected chi connectivity index (χ0v) is 27.3. The second kappa shape index (κ2) is 4.39. The molecule has 0 heterocycles. The summed E-state index contributed by atoms with van der Waals surface area (Å²) in [5.41, 5.74) is 4.79. The smallest absolute Gasteiger partial charge is 0.0131 e. The van der Waals surface area contributed by atoms with Gasteiger partial charge in [-0.25, -0.2) is 0 Å². The number of rotatable bonds is 0. The predicted molar refractivity (Wildman–Crippen MR) is 150 cm³/mol. The predicted octanol–water partition coefficient (Wildman–Crippen LogP) is 9.73. The molecule has 0 N–H and O–H groups in total. The van der Waals surface area contributed by atoms with E-state index in [9.17, 15) is 0 Å². The van der Waals surface area contributed by atoms with Crippen LogP contribution in [0.15, 0.2) is 0 Å². The molecule has 0 aliphatic heterocycles. The number of fused-ring (bicyclic) bond motifs is 17. The zero-order chi connectivity index (χ0) is 27.3. The van der Waals surface area contributed by atoms with E-state index in [1.165, 1.54) is 0 Å². The van der Waals surface area contributed by atoms with Gasteiger partial charge in [0.2, 0.25) is 0 Å². The Balaban J connectivity index is 1.67. The van der Waals surface area contributed by atoms with E-state index in [1.807, 2.05) is 0 Å². The lowest BCUT2D eigenvalue weighted by Crippen LogP contribution is -3.12. The highest BCUT2D eigenvalue weighted by atomic mass is 15.2. The molecule has 7 rings (SSSR count). The van der Waals surface area contributed by atoms with Crippen molar-refractivity contribution in [2.45, 2.75) is 125 Å². The molecule has 7 saturated carbocycles. The summed E-state index contributed by atoms with van der Waals surface area (Å²) in [6.07, 6.45) is 0. The third-order valence-electron chi connectivity index (χ3n) is 24.0. The van der Waals surface area contributed by atoms with Gasteiger partial charge < -0.3 is 0 Å². The van der Waals surface area contributed by atoms with Crippen molar-refractivity contribution < 1.29 is 0 Å². The third-order valence-corrected chi connectivity index (χ3v) is 24.0. The maximum Gasteiger partial charge on any atom is -0.0131 e. The summed E-state index contributed by atoms with van der Waals surface area (Å²) < 4.78 is 0. The largest absolute Gasteiger partial charge is 0.0616 e. The quantitative estimate of drug-likeness (QED) is 0.296. The van der Waals surface area contributed by atoms with Crippen molar-refractivity contribution in [3.8, 4) is 0 Å².